The Balaban J connectivity index is 1.18. The maximum absolute atomic E-state index is 13.0. The van der Waals surface area contributed by atoms with Crippen LogP contribution in [0.4, 0.5) is 0 Å². The molecule has 1 unspecified atom stereocenters. The number of rotatable bonds is 11. The fourth-order valence-electron chi connectivity index (χ4n) is 5.01. The molecule has 3 aliphatic heterocycles. The van der Waals surface area contributed by atoms with E-state index in [0.717, 1.165) is 22.9 Å². The summed E-state index contributed by atoms with van der Waals surface area (Å²) in [5, 5.41) is 25.7. The molecule has 15 nitrogen and oxygen atoms in total. The molecule has 224 valence electrons. The maximum Gasteiger partial charge on any atom is 0.352 e. The summed E-state index contributed by atoms with van der Waals surface area (Å²) < 4.78 is 1.38. The number of hydrogen-bond acceptors (Lipinski definition) is 11. The van der Waals surface area contributed by atoms with Gasteiger partial charge in [0.1, 0.15) is 29.4 Å². The van der Waals surface area contributed by atoms with E-state index in [1.807, 2.05) is 0 Å². The van der Waals surface area contributed by atoms with Gasteiger partial charge in [-0.05, 0) is 30.5 Å². The van der Waals surface area contributed by atoms with E-state index in [-0.39, 0.29) is 52.7 Å². The molecule has 1 aromatic heterocycles. The van der Waals surface area contributed by atoms with Crippen molar-refractivity contribution in [3.63, 3.8) is 0 Å². The molecule has 0 aliphatic carbocycles. The topological polar surface area (TPSA) is 209 Å². The third-order valence-corrected chi connectivity index (χ3v) is 9.52. The van der Waals surface area contributed by atoms with E-state index in [9.17, 15) is 43.8 Å². The molecule has 0 saturated carbocycles. The van der Waals surface area contributed by atoms with Gasteiger partial charge in [-0.2, -0.15) is 10.1 Å². The number of carbonyl (C=O) groups excluding carboxylic acids is 4. The van der Waals surface area contributed by atoms with Crippen LogP contribution in [0.15, 0.2) is 51.7 Å². The second-order valence-corrected chi connectivity index (χ2v) is 11.8. The van der Waals surface area contributed by atoms with Gasteiger partial charge < -0.3 is 15.5 Å². The van der Waals surface area contributed by atoms with Crippen LogP contribution in [0.2, 0.25) is 0 Å². The van der Waals surface area contributed by atoms with Gasteiger partial charge in [-0.1, -0.05) is 23.9 Å². The molecule has 0 bridgehead atoms. The average molecular weight is 629 g/mol. The largest absolute Gasteiger partial charge is 0.480 e. The zero-order valence-corrected chi connectivity index (χ0v) is 24.1. The van der Waals surface area contributed by atoms with Crippen molar-refractivity contribution in [3.8, 4) is 0 Å². The van der Waals surface area contributed by atoms with Gasteiger partial charge in [0.05, 0.1) is 11.1 Å². The molecular formula is C26H24N6O9S2. The van der Waals surface area contributed by atoms with Crippen molar-refractivity contribution in [2.75, 3.05) is 11.5 Å². The summed E-state index contributed by atoms with van der Waals surface area (Å²) in [6.07, 6.45) is 0.695. The Morgan fingerprint density at radius 3 is 2.42 bits per heavy atom. The van der Waals surface area contributed by atoms with Gasteiger partial charge in [0, 0.05) is 25.0 Å². The smallest absolute Gasteiger partial charge is 0.352 e. The second kappa shape index (κ2) is 12.0. The molecule has 1 saturated heterocycles. The first-order valence-electron chi connectivity index (χ1n) is 12.9. The number of aromatic nitrogens is 3. The average Bonchev–Trinajstić information content (AvgIpc) is 3.22. The van der Waals surface area contributed by atoms with Gasteiger partial charge in [0.15, 0.2) is 5.16 Å². The van der Waals surface area contributed by atoms with Gasteiger partial charge in [-0.3, -0.25) is 33.8 Å². The number of carboxylic acid groups (broad SMARTS) is 2. The molecule has 3 atom stereocenters. The normalized spacial score (nSPS) is 20.0. The minimum Gasteiger partial charge on any atom is -0.480 e. The number of aryl methyl sites for hydroxylation is 1. The second-order valence-electron chi connectivity index (χ2n) is 9.77. The standard InChI is InChI=1S/C26H24N6O9S2/c1-30-26(29-17(34)9-27-30)43-11-12-10-42-23-18(22(37)32(23)19(12)25(40)41)28-16(33)8-4-7-15(24(38)39)31-20(35)13-5-2-3-6-14(13)21(31)36/h2-3,5-6,9,15,18,23H,4,7-8,10-11H2,1H3,(H,28,33)(H,38,39)(H,40,41)/t15?,18-,23+/m1/s1. The number of imide groups is 1. The molecule has 4 amide bonds. The van der Waals surface area contributed by atoms with Crippen molar-refractivity contribution in [1.29, 1.82) is 0 Å². The number of nitrogens with zero attached hydrogens (tertiary/aromatic N) is 5. The van der Waals surface area contributed by atoms with Gasteiger partial charge in [0.25, 0.3) is 23.3 Å². The fraction of sp³-hybridized carbons (Fsp3) is 0.346. The van der Waals surface area contributed by atoms with Gasteiger partial charge in [0.2, 0.25) is 5.91 Å². The van der Waals surface area contributed by atoms with Crippen LogP contribution in [-0.2, 0) is 26.2 Å². The monoisotopic (exact) mass is 628 g/mol. The summed E-state index contributed by atoms with van der Waals surface area (Å²) in [4.78, 5) is 92.3. The Hall–Kier alpha value is -4.51. The van der Waals surface area contributed by atoms with E-state index in [4.69, 9.17) is 0 Å². The molecule has 0 spiro atoms. The number of thioether (sulfide) groups is 2. The molecule has 1 fully saturated rings. The summed E-state index contributed by atoms with van der Waals surface area (Å²) >= 11 is 2.38. The SMILES string of the molecule is Cn1ncc(=O)nc1SCC1=C(C(=O)O)N2C(=O)[C@@H](NC(=O)CCCC(C(=O)O)N3C(=O)c4ccccc4C3=O)[C@@H]2SC1. The lowest BCUT2D eigenvalue weighted by atomic mass is 10.0. The molecule has 4 heterocycles. The number of β-lactam (4-membered cyclic amide) rings is 1. The molecular weight excluding hydrogens is 604 g/mol. The maximum atomic E-state index is 13.0. The molecule has 43 heavy (non-hydrogen) atoms. The number of hydrogen-bond donors (Lipinski definition) is 3. The summed E-state index contributed by atoms with van der Waals surface area (Å²) in [5.41, 5.74) is -0.0470. The zero-order valence-electron chi connectivity index (χ0n) is 22.5. The van der Waals surface area contributed by atoms with E-state index in [1.165, 1.54) is 28.6 Å². The molecule has 1 aromatic carbocycles. The Bertz CT molecular complexity index is 1620. The molecule has 3 N–H and O–H groups in total. The number of amides is 4. The lowest BCUT2D eigenvalue weighted by molar-refractivity contribution is -0.150. The molecule has 3 aliphatic rings. The zero-order chi connectivity index (χ0) is 31.0. The lowest BCUT2D eigenvalue weighted by Gasteiger charge is -2.49. The first kappa shape index (κ1) is 30.0. The highest BCUT2D eigenvalue weighted by Gasteiger charge is 2.54. The fourth-order valence-corrected chi connectivity index (χ4v) is 7.41. The number of benzene rings is 1. The highest BCUT2D eigenvalue weighted by atomic mass is 32.2. The van der Waals surface area contributed by atoms with E-state index < -0.39 is 58.6 Å². The van der Waals surface area contributed by atoms with Crippen LogP contribution in [0, 0.1) is 0 Å². The molecule has 17 heteroatoms. The number of aliphatic carboxylic acids is 2. The lowest BCUT2D eigenvalue weighted by Crippen LogP contribution is -2.70. The number of carboxylic acids is 2. The van der Waals surface area contributed by atoms with Crippen LogP contribution in [0.5, 0.6) is 0 Å². The van der Waals surface area contributed by atoms with E-state index >= 15 is 0 Å². The van der Waals surface area contributed by atoms with Gasteiger partial charge in [-0.15, -0.1) is 11.8 Å². The molecule has 0 radical (unpaired) electrons. The first-order chi connectivity index (χ1) is 20.5. The molecule has 2 aromatic rings. The van der Waals surface area contributed by atoms with Gasteiger partial charge >= 0.3 is 11.9 Å². The van der Waals surface area contributed by atoms with E-state index in [2.05, 4.69) is 15.4 Å². The predicted molar refractivity (Wildman–Crippen MR) is 150 cm³/mol. The summed E-state index contributed by atoms with van der Waals surface area (Å²) in [6.45, 7) is 0. The highest BCUT2D eigenvalue weighted by molar-refractivity contribution is 8.01. The minimum atomic E-state index is -1.47. The Labute approximate surface area is 251 Å². The van der Waals surface area contributed by atoms with Crippen LogP contribution < -0.4 is 10.9 Å². The molecule has 5 rings (SSSR count). The van der Waals surface area contributed by atoms with Crippen molar-refractivity contribution in [2.24, 2.45) is 7.05 Å². The highest BCUT2D eigenvalue weighted by Crippen LogP contribution is 2.41. The third-order valence-electron chi connectivity index (χ3n) is 7.07. The first-order valence-corrected chi connectivity index (χ1v) is 14.9. The van der Waals surface area contributed by atoms with Crippen molar-refractivity contribution in [2.45, 2.75) is 41.9 Å². The Kier molecular flexibility index (Phi) is 8.36. The minimum absolute atomic E-state index is 0.00513. The third kappa shape index (κ3) is 5.64. The van der Waals surface area contributed by atoms with Crippen LogP contribution in [0.3, 0.4) is 0 Å². The van der Waals surface area contributed by atoms with Crippen molar-refractivity contribution >= 4 is 59.1 Å². The Morgan fingerprint density at radius 2 is 1.79 bits per heavy atom. The summed E-state index contributed by atoms with van der Waals surface area (Å²) in [5.74, 6) is -4.89. The van der Waals surface area contributed by atoms with E-state index in [0.29, 0.717) is 10.5 Å². The number of fused-ring (bicyclic) bond motifs is 2. The van der Waals surface area contributed by atoms with Crippen LogP contribution in [0.1, 0.15) is 40.0 Å². The van der Waals surface area contributed by atoms with Crippen LogP contribution >= 0.6 is 23.5 Å². The van der Waals surface area contributed by atoms with Gasteiger partial charge in [-0.25, -0.2) is 14.3 Å². The Morgan fingerprint density at radius 1 is 1.12 bits per heavy atom. The van der Waals surface area contributed by atoms with Crippen molar-refractivity contribution in [1.82, 2.24) is 29.9 Å². The van der Waals surface area contributed by atoms with Crippen LogP contribution in [-0.4, -0.2) is 99.3 Å². The van der Waals surface area contributed by atoms with Crippen molar-refractivity contribution < 1.29 is 39.0 Å². The quantitative estimate of drug-likeness (QED) is 0.169. The van der Waals surface area contributed by atoms with E-state index in [1.54, 1.807) is 19.2 Å². The predicted octanol–water partition coefficient (Wildman–Crippen LogP) is -0.0743. The number of carbonyl (C=O) groups is 6. The van der Waals surface area contributed by atoms with Crippen molar-refractivity contribution in [3.05, 3.63) is 63.2 Å². The summed E-state index contributed by atoms with van der Waals surface area (Å²) in [6, 6.07) is 3.57. The number of nitrogens with one attached hydrogen (secondary N) is 1. The van der Waals surface area contributed by atoms with Crippen LogP contribution in [0.25, 0.3) is 0 Å². The summed E-state index contributed by atoms with van der Waals surface area (Å²) in [7, 11) is 1.59.